The third-order valence-corrected chi connectivity index (χ3v) is 3.93. The summed E-state index contributed by atoms with van der Waals surface area (Å²) in [5.74, 6) is -0.798. The van der Waals surface area contributed by atoms with Gasteiger partial charge in [-0.25, -0.2) is 4.79 Å². The van der Waals surface area contributed by atoms with Crippen molar-refractivity contribution in [3.8, 4) is 0 Å². The van der Waals surface area contributed by atoms with Crippen molar-refractivity contribution >= 4 is 23.5 Å². The lowest BCUT2D eigenvalue weighted by Gasteiger charge is -2.20. The van der Waals surface area contributed by atoms with Crippen molar-refractivity contribution in [2.24, 2.45) is 5.41 Å². The highest BCUT2D eigenvalue weighted by atomic mass is 16.5. The Hall–Kier alpha value is -2.17. The van der Waals surface area contributed by atoms with Gasteiger partial charge in [-0.15, -0.1) is 0 Å². The molecule has 1 aliphatic rings. The highest BCUT2D eigenvalue weighted by molar-refractivity contribution is 6.22. The molecule has 21 heavy (non-hydrogen) atoms. The predicted octanol–water partition coefficient (Wildman–Crippen LogP) is 2.54. The summed E-state index contributed by atoms with van der Waals surface area (Å²) in [4.78, 5) is 37.3. The lowest BCUT2D eigenvalue weighted by molar-refractivity contribution is -0.125. The van der Waals surface area contributed by atoms with Crippen molar-refractivity contribution < 1.29 is 19.1 Å². The number of amides is 2. The second kappa shape index (κ2) is 5.68. The van der Waals surface area contributed by atoms with Crippen LogP contribution in [0, 0.1) is 5.41 Å². The van der Waals surface area contributed by atoms with E-state index in [4.69, 9.17) is 4.74 Å². The number of anilines is 1. The van der Waals surface area contributed by atoms with Crippen molar-refractivity contribution in [1.82, 2.24) is 0 Å². The van der Waals surface area contributed by atoms with Crippen LogP contribution in [0.1, 0.15) is 44.0 Å². The molecule has 1 atom stereocenters. The lowest BCUT2D eigenvalue weighted by Crippen LogP contribution is -2.33. The van der Waals surface area contributed by atoms with Crippen LogP contribution in [0.3, 0.4) is 0 Å². The van der Waals surface area contributed by atoms with Gasteiger partial charge in [0.05, 0.1) is 23.3 Å². The van der Waals surface area contributed by atoms with E-state index in [0.717, 1.165) is 0 Å². The van der Waals surface area contributed by atoms with Gasteiger partial charge in [-0.05, 0) is 37.6 Å². The van der Waals surface area contributed by atoms with Crippen molar-refractivity contribution in [2.45, 2.75) is 33.6 Å². The molecule has 112 valence electrons. The second-order valence-electron chi connectivity index (χ2n) is 5.39. The van der Waals surface area contributed by atoms with Crippen LogP contribution in [0.25, 0.3) is 0 Å². The maximum Gasteiger partial charge on any atom is 0.338 e. The molecule has 0 unspecified atom stereocenters. The SMILES string of the molecule is CCOC(=O)c1ccc(N2C(=O)C[C@@](C)(CC)C2=O)cc1. The molecule has 0 aliphatic carbocycles. The average molecular weight is 289 g/mol. The van der Waals surface area contributed by atoms with Crippen molar-refractivity contribution in [3.63, 3.8) is 0 Å². The molecule has 1 saturated heterocycles. The first-order valence-corrected chi connectivity index (χ1v) is 7.07. The van der Waals surface area contributed by atoms with E-state index in [1.807, 2.05) is 6.92 Å². The quantitative estimate of drug-likeness (QED) is 0.631. The summed E-state index contributed by atoms with van der Waals surface area (Å²) in [6, 6.07) is 6.33. The molecule has 1 aromatic carbocycles. The molecular weight excluding hydrogens is 270 g/mol. The smallest absolute Gasteiger partial charge is 0.338 e. The Bertz CT molecular complexity index is 578. The Balaban J connectivity index is 2.25. The Kier molecular flexibility index (Phi) is 4.11. The molecule has 1 aliphatic heterocycles. The maximum absolute atomic E-state index is 12.4. The first kappa shape index (κ1) is 15.2. The van der Waals surface area contributed by atoms with E-state index in [1.54, 1.807) is 38.1 Å². The summed E-state index contributed by atoms with van der Waals surface area (Å²) in [7, 11) is 0. The van der Waals surface area contributed by atoms with Gasteiger partial charge in [0, 0.05) is 6.42 Å². The Labute approximate surface area is 123 Å². The van der Waals surface area contributed by atoms with Crippen LogP contribution >= 0.6 is 0 Å². The van der Waals surface area contributed by atoms with Crippen LogP contribution in [0.5, 0.6) is 0 Å². The Morgan fingerprint density at radius 3 is 2.33 bits per heavy atom. The van der Waals surface area contributed by atoms with Gasteiger partial charge in [0.15, 0.2) is 0 Å². The van der Waals surface area contributed by atoms with Gasteiger partial charge in [-0.2, -0.15) is 0 Å². The molecule has 2 rings (SSSR count). The van der Waals surface area contributed by atoms with Gasteiger partial charge >= 0.3 is 5.97 Å². The van der Waals surface area contributed by atoms with Crippen LogP contribution in [0.2, 0.25) is 0 Å². The summed E-state index contributed by atoms with van der Waals surface area (Å²) >= 11 is 0. The average Bonchev–Trinajstić information content (AvgIpc) is 2.70. The summed E-state index contributed by atoms with van der Waals surface area (Å²) in [6.07, 6.45) is 0.844. The van der Waals surface area contributed by atoms with E-state index in [2.05, 4.69) is 0 Å². The van der Waals surface area contributed by atoms with Crippen LogP contribution in [-0.2, 0) is 14.3 Å². The summed E-state index contributed by atoms with van der Waals surface area (Å²) in [5.41, 5.74) is 0.268. The molecule has 2 amide bonds. The molecule has 0 spiro atoms. The molecular formula is C16H19NO4. The van der Waals surface area contributed by atoms with Gasteiger partial charge < -0.3 is 4.74 Å². The fraction of sp³-hybridized carbons (Fsp3) is 0.438. The first-order valence-electron chi connectivity index (χ1n) is 7.07. The molecule has 0 aromatic heterocycles. The van der Waals surface area contributed by atoms with Crippen molar-refractivity contribution in [2.75, 3.05) is 11.5 Å². The van der Waals surface area contributed by atoms with Gasteiger partial charge in [-0.3, -0.25) is 14.5 Å². The van der Waals surface area contributed by atoms with E-state index in [9.17, 15) is 14.4 Å². The molecule has 5 nitrogen and oxygen atoms in total. The van der Waals surface area contributed by atoms with Gasteiger partial charge in [0.1, 0.15) is 0 Å². The highest BCUT2D eigenvalue weighted by Gasteiger charge is 2.47. The third kappa shape index (κ3) is 2.68. The molecule has 1 fully saturated rings. The fourth-order valence-electron chi connectivity index (χ4n) is 2.37. The maximum atomic E-state index is 12.4. The molecule has 1 heterocycles. The summed E-state index contributed by atoms with van der Waals surface area (Å²) in [6.45, 7) is 5.75. The number of esters is 1. The number of carbonyl (C=O) groups is 3. The van der Waals surface area contributed by atoms with Crippen LogP contribution < -0.4 is 4.90 Å². The minimum atomic E-state index is -0.628. The zero-order valence-corrected chi connectivity index (χ0v) is 12.5. The number of hydrogen-bond acceptors (Lipinski definition) is 4. The number of benzene rings is 1. The number of nitrogens with zero attached hydrogens (tertiary/aromatic N) is 1. The molecule has 0 bridgehead atoms. The van der Waals surface area contributed by atoms with E-state index in [-0.39, 0.29) is 18.2 Å². The number of hydrogen-bond donors (Lipinski definition) is 0. The van der Waals surface area contributed by atoms with Crippen molar-refractivity contribution in [3.05, 3.63) is 29.8 Å². The largest absolute Gasteiger partial charge is 0.462 e. The van der Waals surface area contributed by atoms with E-state index in [1.165, 1.54) is 4.90 Å². The van der Waals surface area contributed by atoms with E-state index >= 15 is 0 Å². The lowest BCUT2D eigenvalue weighted by atomic mass is 9.86. The third-order valence-electron chi connectivity index (χ3n) is 3.93. The highest BCUT2D eigenvalue weighted by Crippen LogP contribution is 2.38. The van der Waals surface area contributed by atoms with Gasteiger partial charge in [0.2, 0.25) is 11.8 Å². The normalized spacial score (nSPS) is 21.8. The van der Waals surface area contributed by atoms with Crippen LogP contribution in [0.4, 0.5) is 5.69 Å². The molecule has 0 N–H and O–H groups in total. The second-order valence-corrected chi connectivity index (χ2v) is 5.39. The number of imide groups is 1. The van der Waals surface area contributed by atoms with Gasteiger partial charge in [0.25, 0.3) is 0 Å². The zero-order valence-electron chi connectivity index (χ0n) is 12.5. The van der Waals surface area contributed by atoms with Gasteiger partial charge in [-0.1, -0.05) is 13.8 Å². The summed E-state index contributed by atoms with van der Waals surface area (Å²) in [5, 5.41) is 0. The molecule has 5 heteroatoms. The van der Waals surface area contributed by atoms with Crippen molar-refractivity contribution in [1.29, 1.82) is 0 Å². The van der Waals surface area contributed by atoms with Crippen LogP contribution in [0.15, 0.2) is 24.3 Å². The topological polar surface area (TPSA) is 63.7 Å². The molecule has 0 saturated carbocycles. The number of carbonyl (C=O) groups excluding carboxylic acids is 3. The monoisotopic (exact) mass is 289 g/mol. The van der Waals surface area contributed by atoms with Crippen LogP contribution in [-0.4, -0.2) is 24.4 Å². The summed E-state index contributed by atoms with van der Waals surface area (Å²) < 4.78 is 4.90. The van der Waals surface area contributed by atoms with E-state index in [0.29, 0.717) is 24.3 Å². The predicted molar refractivity (Wildman–Crippen MR) is 77.9 cm³/mol. The Morgan fingerprint density at radius 1 is 1.24 bits per heavy atom. The minimum absolute atomic E-state index is 0.182. The number of rotatable bonds is 4. The molecule has 0 radical (unpaired) electrons. The Morgan fingerprint density at radius 2 is 1.86 bits per heavy atom. The minimum Gasteiger partial charge on any atom is -0.462 e. The number of ether oxygens (including phenoxy) is 1. The first-order chi connectivity index (χ1) is 9.92. The standard InChI is InChI=1S/C16H19NO4/c1-4-16(3)10-13(18)17(15(16)20)12-8-6-11(7-9-12)14(19)21-5-2/h6-9H,4-5,10H2,1-3H3/t16-/m1/s1. The van der Waals surface area contributed by atoms with E-state index < -0.39 is 11.4 Å². The zero-order chi connectivity index (χ0) is 15.6. The molecule has 1 aromatic rings. The fourth-order valence-corrected chi connectivity index (χ4v) is 2.37.